The van der Waals surface area contributed by atoms with Crippen LogP contribution < -0.4 is 15.8 Å². The second-order valence-electron chi connectivity index (χ2n) is 5.55. The van der Waals surface area contributed by atoms with Crippen molar-refractivity contribution < 1.29 is 13.2 Å². The third-order valence-electron chi connectivity index (χ3n) is 4.00. The molecule has 0 radical (unpaired) electrons. The van der Waals surface area contributed by atoms with Crippen LogP contribution >= 0.6 is 35.3 Å². The van der Waals surface area contributed by atoms with Gasteiger partial charge in [-0.05, 0) is 31.4 Å². The second kappa shape index (κ2) is 7.64. The van der Waals surface area contributed by atoms with E-state index in [1.807, 2.05) is 0 Å². The molecule has 3 heterocycles. The molecule has 0 aromatic carbocycles. The number of guanidine groups is 1. The van der Waals surface area contributed by atoms with Gasteiger partial charge >= 0.3 is 0 Å². The lowest BCUT2D eigenvalue weighted by Crippen LogP contribution is -2.47. The van der Waals surface area contributed by atoms with Crippen LogP contribution in [0.1, 0.15) is 24.1 Å². The number of nitrogens with two attached hydrogens (primary N) is 1. The van der Waals surface area contributed by atoms with Gasteiger partial charge in [-0.2, -0.15) is 0 Å². The number of primary sulfonamides is 1. The molecule has 4 N–H and O–H groups in total. The molecule has 0 amide bonds. The molecule has 3 atom stereocenters. The molecule has 2 aliphatic rings. The van der Waals surface area contributed by atoms with Crippen molar-refractivity contribution in [3.63, 3.8) is 0 Å². The van der Waals surface area contributed by atoms with Crippen LogP contribution in [0.2, 0.25) is 0 Å². The van der Waals surface area contributed by atoms with Gasteiger partial charge in [0.15, 0.2) is 5.96 Å². The number of hydrogen-bond acceptors (Lipinski definition) is 5. The summed E-state index contributed by atoms with van der Waals surface area (Å²) in [6, 6.07) is 3.58. The number of aliphatic imine (C=N–C) groups is 1. The van der Waals surface area contributed by atoms with Gasteiger partial charge in [-0.3, -0.25) is 4.99 Å². The summed E-state index contributed by atoms with van der Waals surface area (Å²) in [5.41, 5.74) is 0. The zero-order valence-electron chi connectivity index (χ0n) is 12.7. The highest BCUT2D eigenvalue weighted by Gasteiger charge is 2.41. The quantitative estimate of drug-likeness (QED) is 0.345. The molecule has 0 spiro atoms. The number of rotatable bonds is 4. The van der Waals surface area contributed by atoms with Gasteiger partial charge in [-0.25, -0.2) is 13.6 Å². The van der Waals surface area contributed by atoms with E-state index in [-0.39, 0.29) is 34.3 Å². The lowest BCUT2D eigenvalue weighted by molar-refractivity contribution is 0.0992. The summed E-state index contributed by atoms with van der Waals surface area (Å²) in [4.78, 5) is 5.09. The van der Waals surface area contributed by atoms with Crippen LogP contribution in [-0.4, -0.2) is 39.7 Å². The lowest BCUT2D eigenvalue weighted by Gasteiger charge is -2.22. The van der Waals surface area contributed by atoms with Crippen molar-refractivity contribution in [2.24, 2.45) is 10.1 Å². The Morgan fingerprint density at radius 1 is 1.48 bits per heavy atom. The topological polar surface area (TPSA) is 106 Å². The average molecular weight is 472 g/mol. The molecule has 23 heavy (non-hydrogen) atoms. The first-order valence-corrected chi connectivity index (χ1v) is 9.56. The first-order chi connectivity index (χ1) is 10.5. The summed E-state index contributed by atoms with van der Waals surface area (Å²) in [5, 5.41) is 11.7. The molecule has 2 fully saturated rings. The lowest BCUT2D eigenvalue weighted by atomic mass is 9.96. The van der Waals surface area contributed by atoms with E-state index in [1.165, 1.54) is 6.07 Å². The Hall–Kier alpha value is -0.430. The van der Waals surface area contributed by atoms with Crippen LogP contribution in [0.3, 0.4) is 0 Å². The van der Waals surface area contributed by atoms with Gasteiger partial charge in [-0.1, -0.05) is 0 Å². The van der Waals surface area contributed by atoms with Crippen LogP contribution in [-0.2, 0) is 21.3 Å². The average Bonchev–Trinajstić information content (AvgIpc) is 3.18. The third kappa shape index (κ3) is 4.56. The summed E-state index contributed by atoms with van der Waals surface area (Å²) in [5.74, 6) is 0.701. The zero-order chi connectivity index (χ0) is 15.7. The molecule has 10 heteroatoms. The van der Waals surface area contributed by atoms with Crippen molar-refractivity contribution in [3.05, 3.63) is 17.0 Å². The summed E-state index contributed by atoms with van der Waals surface area (Å²) in [7, 11) is -1.91. The van der Waals surface area contributed by atoms with E-state index in [2.05, 4.69) is 15.6 Å². The highest BCUT2D eigenvalue weighted by molar-refractivity contribution is 14.0. The van der Waals surface area contributed by atoms with Gasteiger partial charge in [0.05, 0.1) is 24.8 Å². The van der Waals surface area contributed by atoms with Crippen molar-refractivity contribution in [3.8, 4) is 0 Å². The minimum absolute atomic E-state index is 0. The Bertz CT molecular complexity index is 677. The number of sulfonamides is 1. The molecule has 130 valence electrons. The summed E-state index contributed by atoms with van der Waals surface area (Å²) >= 11 is 1.16. The van der Waals surface area contributed by atoms with E-state index in [0.29, 0.717) is 24.7 Å². The fourth-order valence-electron chi connectivity index (χ4n) is 2.94. The fraction of sp³-hybridized carbons (Fsp3) is 0.615. The van der Waals surface area contributed by atoms with E-state index in [1.54, 1.807) is 13.1 Å². The van der Waals surface area contributed by atoms with Gasteiger partial charge in [0.1, 0.15) is 4.21 Å². The van der Waals surface area contributed by atoms with Gasteiger partial charge < -0.3 is 15.4 Å². The molecule has 1 aromatic rings. The molecule has 0 saturated carbocycles. The van der Waals surface area contributed by atoms with Crippen LogP contribution in [0.15, 0.2) is 21.3 Å². The number of ether oxygens (including phenoxy) is 1. The van der Waals surface area contributed by atoms with Gasteiger partial charge in [0.2, 0.25) is 10.0 Å². The Balaban J connectivity index is 0.00000192. The van der Waals surface area contributed by atoms with Crippen molar-refractivity contribution >= 4 is 51.3 Å². The minimum Gasteiger partial charge on any atom is -0.373 e. The standard InChI is InChI=1S/C13H20N4O3S2.HI/c1-15-13(17-10-6-8-2-4-11(10)20-8)16-7-9-3-5-12(21-9)22(14,18)19;/h3,5,8,10-11H,2,4,6-7H2,1H3,(H2,14,18,19)(H2,15,16,17);1H. The first-order valence-electron chi connectivity index (χ1n) is 7.20. The van der Waals surface area contributed by atoms with Gasteiger partial charge in [0.25, 0.3) is 0 Å². The van der Waals surface area contributed by atoms with Crippen molar-refractivity contribution in [1.82, 2.24) is 10.6 Å². The molecule has 0 aliphatic carbocycles. The van der Waals surface area contributed by atoms with E-state index in [0.717, 1.165) is 35.5 Å². The van der Waals surface area contributed by atoms with Crippen LogP contribution in [0, 0.1) is 0 Å². The number of nitrogens with zero attached hydrogens (tertiary/aromatic N) is 1. The van der Waals surface area contributed by atoms with Crippen LogP contribution in [0.5, 0.6) is 0 Å². The smallest absolute Gasteiger partial charge is 0.247 e. The number of hydrogen-bond donors (Lipinski definition) is 3. The van der Waals surface area contributed by atoms with E-state index in [4.69, 9.17) is 9.88 Å². The van der Waals surface area contributed by atoms with Gasteiger partial charge in [-0.15, -0.1) is 35.3 Å². The van der Waals surface area contributed by atoms with E-state index >= 15 is 0 Å². The Morgan fingerprint density at radius 2 is 2.26 bits per heavy atom. The molecule has 7 nitrogen and oxygen atoms in total. The van der Waals surface area contributed by atoms with Crippen molar-refractivity contribution in [1.29, 1.82) is 0 Å². The zero-order valence-corrected chi connectivity index (χ0v) is 16.7. The maximum atomic E-state index is 11.3. The maximum absolute atomic E-state index is 11.3. The molecular weight excluding hydrogens is 451 g/mol. The predicted molar refractivity (Wildman–Crippen MR) is 101 cm³/mol. The molecular formula is C13H21IN4O3S2. The molecule has 3 unspecified atom stereocenters. The SMILES string of the molecule is CN=C(NCc1ccc(S(N)(=O)=O)s1)NC1CC2CCC1O2.I. The number of fused-ring (bicyclic) bond motifs is 2. The van der Waals surface area contributed by atoms with Crippen molar-refractivity contribution in [2.75, 3.05) is 7.05 Å². The van der Waals surface area contributed by atoms with E-state index < -0.39 is 10.0 Å². The normalized spacial score (nSPS) is 26.9. The monoisotopic (exact) mass is 472 g/mol. The third-order valence-corrected chi connectivity index (χ3v) is 6.52. The van der Waals surface area contributed by atoms with Crippen LogP contribution in [0.4, 0.5) is 0 Å². The molecule has 1 aromatic heterocycles. The Morgan fingerprint density at radius 3 is 2.78 bits per heavy atom. The number of nitrogens with one attached hydrogen (secondary N) is 2. The largest absolute Gasteiger partial charge is 0.373 e. The summed E-state index contributed by atoms with van der Waals surface area (Å²) in [6.45, 7) is 0.502. The molecule has 3 rings (SSSR count). The van der Waals surface area contributed by atoms with Crippen LogP contribution in [0.25, 0.3) is 0 Å². The number of thiophene rings is 1. The highest BCUT2D eigenvalue weighted by atomic mass is 127. The molecule has 2 saturated heterocycles. The minimum atomic E-state index is -3.62. The number of halogens is 1. The highest BCUT2D eigenvalue weighted by Crippen LogP contribution is 2.34. The summed E-state index contributed by atoms with van der Waals surface area (Å²) in [6.07, 6.45) is 3.93. The molecule has 2 bridgehead atoms. The second-order valence-corrected chi connectivity index (χ2v) is 8.51. The predicted octanol–water partition coefficient (Wildman–Crippen LogP) is 0.998. The maximum Gasteiger partial charge on any atom is 0.247 e. The Kier molecular flexibility index (Phi) is 6.28. The first kappa shape index (κ1) is 18.9. The molecule has 2 aliphatic heterocycles. The summed E-state index contributed by atoms with van der Waals surface area (Å²) < 4.78 is 28.5. The fourth-order valence-corrected chi connectivity index (χ4v) is 4.66. The Labute approximate surface area is 157 Å². The van der Waals surface area contributed by atoms with Gasteiger partial charge in [0, 0.05) is 11.9 Å². The van der Waals surface area contributed by atoms with E-state index in [9.17, 15) is 8.42 Å². The van der Waals surface area contributed by atoms with Crippen molar-refractivity contribution in [2.45, 2.75) is 48.3 Å².